The summed E-state index contributed by atoms with van der Waals surface area (Å²) in [7, 11) is -0.116. The lowest BCUT2D eigenvalue weighted by Gasteiger charge is -2.32. The summed E-state index contributed by atoms with van der Waals surface area (Å²) in [6.45, 7) is 10.4. The van der Waals surface area contributed by atoms with Crippen molar-refractivity contribution in [3.05, 3.63) is 0 Å². The lowest BCUT2D eigenvalue weighted by Crippen LogP contribution is -2.41. The van der Waals surface area contributed by atoms with E-state index in [1.807, 2.05) is 0 Å². The fourth-order valence-electron chi connectivity index (χ4n) is 1.23. The topological polar surface area (TPSA) is 18.5 Å². The van der Waals surface area contributed by atoms with Crippen LogP contribution >= 0.6 is 15.9 Å². The molecule has 0 aromatic carbocycles. The van der Waals surface area contributed by atoms with Gasteiger partial charge in [-0.15, -0.1) is 0 Å². The second kappa shape index (κ2) is 3.56. The van der Waals surface area contributed by atoms with Gasteiger partial charge in [-0.3, -0.25) is 0 Å². The van der Waals surface area contributed by atoms with Crippen LogP contribution in [0.15, 0.2) is 0 Å². The quantitative estimate of drug-likeness (QED) is 0.553. The molecule has 2 nitrogen and oxygen atoms in total. The minimum absolute atomic E-state index is 0.116. The van der Waals surface area contributed by atoms with Gasteiger partial charge in [0.25, 0.3) is 0 Å². The van der Waals surface area contributed by atoms with Crippen molar-refractivity contribution in [2.45, 2.75) is 57.0 Å². The summed E-state index contributed by atoms with van der Waals surface area (Å²) >= 11 is 3.56. The third-order valence-electron chi connectivity index (χ3n) is 2.96. The van der Waals surface area contributed by atoms with Gasteiger partial charge < -0.3 is 9.31 Å². The van der Waals surface area contributed by atoms with Gasteiger partial charge in [0.05, 0.1) is 11.2 Å². The molecule has 0 aliphatic carbocycles. The van der Waals surface area contributed by atoms with Gasteiger partial charge >= 0.3 is 7.12 Å². The summed E-state index contributed by atoms with van der Waals surface area (Å²) in [5.74, 6) is 0. The van der Waals surface area contributed by atoms with Gasteiger partial charge in [-0.1, -0.05) is 22.9 Å². The van der Waals surface area contributed by atoms with Gasteiger partial charge in [-0.05, 0) is 34.1 Å². The van der Waals surface area contributed by atoms with Gasteiger partial charge in [0.2, 0.25) is 0 Å². The van der Waals surface area contributed by atoms with E-state index < -0.39 is 0 Å². The molecule has 76 valence electrons. The smallest absolute Gasteiger partial charge is 0.403 e. The summed E-state index contributed by atoms with van der Waals surface area (Å²) in [6, 6.07) is 0. The van der Waals surface area contributed by atoms with E-state index >= 15 is 0 Å². The molecule has 13 heavy (non-hydrogen) atoms. The van der Waals surface area contributed by atoms with Crippen LogP contribution in [0.1, 0.15) is 41.0 Å². The minimum Gasteiger partial charge on any atom is -0.403 e. The second-order valence-corrected chi connectivity index (χ2v) is 5.73. The van der Waals surface area contributed by atoms with Crippen molar-refractivity contribution in [2.24, 2.45) is 0 Å². The number of halogens is 1. The highest BCUT2D eigenvalue weighted by Crippen LogP contribution is 2.38. The first-order chi connectivity index (χ1) is 5.80. The Bertz CT molecular complexity index is 178. The largest absolute Gasteiger partial charge is 0.472 e. The average Bonchev–Trinajstić information content (AvgIpc) is 2.20. The van der Waals surface area contributed by atoms with E-state index in [9.17, 15) is 0 Å². The molecule has 0 N–H and O–H groups in total. The maximum atomic E-state index is 5.85. The molecule has 1 aliphatic heterocycles. The molecular formula is C9H18BBrO2. The van der Waals surface area contributed by atoms with Crippen molar-refractivity contribution in [1.29, 1.82) is 0 Å². The van der Waals surface area contributed by atoms with E-state index in [0.29, 0.717) is 0 Å². The summed E-state index contributed by atoms with van der Waals surface area (Å²) in [6.07, 6.45) is 1.01. The van der Waals surface area contributed by atoms with Crippen LogP contribution in [0.25, 0.3) is 0 Å². The highest BCUT2D eigenvalue weighted by atomic mass is 79.9. The van der Waals surface area contributed by atoms with E-state index in [-0.39, 0.29) is 23.0 Å². The molecule has 1 rings (SSSR count). The van der Waals surface area contributed by atoms with Gasteiger partial charge in [0.1, 0.15) is 0 Å². The summed E-state index contributed by atoms with van der Waals surface area (Å²) in [5, 5.41) is 0. The molecule has 0 bridgehead atoms. The van der Waals surface area contributed by atoms with Crippen molar-refractivity contribution in [3.8, 4) is 0 Å². The van der Waals surface area contributed by atoms with Crippen molar-refractivity contribution < 1.29 is 9.31 Å². The van der Waals surface area contributed by atoms with Crippen LogP contribution in [-0.4, -0.2) is 23.0 Å². The normalized spacial score (nSPS) is 27.7. The Morgan fingerprint density at radius 2 is 1.54 bits per heavy atom. The van der Waals surface area contributed by atoms with Crippen LogP contribution in [0.3, 0.4) is 0 Å². The van der Waals surface area contributed by atoms with E-state index in [2.05, 4.69) is 50.5 Å². The van der Waals surface area contributed by atoms with Gasteiger partial charge in [0.15, 0.2) is 0 Å². The Kier molecular flexibility index (Phi) is 3.16. The van der Waals surface area contributed by atoms with E-state index in [1.54, 1.807) is 0 Å². The summed E-state index contributed by atoms with van der Waals surface area (Å²) in [5.41, 5.74) is -0.419. The van der Waals surface area contributed by atoms with Crippen LogP contribution in [0.5, 0.6) is 0 Å². The van der Waals surface area contributed by atoms with Crippen LogP contribution in [0.2, 0.25) is 0 Å². The van der Waals surface area contributed by atoms with E-state index in [0.717, 1.165) is 6.42 Å². The minimum atomic E-state index is -0.209. The number of rotatable bonds is 2. The standard InChI is InChI=1S/C9H18BBrO2/c1-6-7(11)10-12-8(2,3)9(4,5)13-10/h7H,6H2,1-5H3. The molecule has 0 aromatic heterocycles. The van der Waals surface area contributed by atoms with Crippen LogP contribution < -0.4 is 0 Å². The second-order valence-electron chi connectivity index (χ2n) is 4.55. The highest BCUT2D eigenvalue weighted by molar-refractivity contribution is 9.10. The predicted molar refractivity (Wildman–Crippen MR) is 59.1 cm³/mol. The van der Waals surface area contributed by atoms with E-state index in [4.69, 9.17) is 9.31 Å². The molecule has 1 heterocycles. The molecule has 0 saturated carbocycles. The Labute approximate surface area is 89.6 Å². The molecular weight excluding hydrogens is 231 g/mol. The molecule has 1 unspecified atom stereocenters. The van der Waals surface area contributed by atoms with Crippen molar-refractivity contribution in [3.63, 3.8) is 0 Å². The van der Waals surface area contributed by atoms with E-state index in [1.165, 1.54) is 0 Å². The molecule has 1 fully saturated rings. The van der Waals surface area contributed by atoms with Crippen LogP contribution in [-0.2, 0) is 9.31 Å². The molecule has 1 aliphatic rings. The monoisotopic (exact) mass is 248 g/mol. The number of hydrogen-bond donors (Lipinski definition) is 0. The Hall–Kier alpha value is 0.465. The first kappa shape index (κ1) is 11.5. The maximum absolute atomic E-state index is 5.85. The molecule has 1 atom stereocenters. The Morgan fingerprint density at radius 3 is 1.85 bits per heavy atom. The molecule has 1 saturated heterocycles. The fraction of sp³-hybridized carbons (Fsp3) is 1.00. The van der Waals surface area contributed by atoms with Crippen LogP contribution in [0, 0.1) is 0 Å². The third kappa shape index (κ3) is 2.11. The lowest BCUT2D eigenvalue weighted by molar-refractivity contribution is 0.00578. The summed E-state index contributed by atoms with van der Waals surface area (Å²) in [4.78, 5) is 0. The molecule has 4 heteroatoms. The molecule has 0 amide bonds. The first-order valence-corrected chi connectivity index (χ1v) is 5.71. The van der Waals surface area contributed by atoms with Gasteiger partial charge in [-0.2, -0.15) is 0 Å². The zero-order valence-corrected chi connectivity index (χ0v) is 10.6. The lowest BCUT2D eigenvalue weighted by atomic mass is 9.83. The number of alkyl halides is 1. The Balaban J connectivity index is 2.70. The zero-order chi connectivity index (χ0) is 10.3. The average molecular weight is 249 g/mol. The highest BCUT2D eigenvalue weighted by Gasteiger charge is 2.52. The Morgan fingerprint density at radius 1 is 1.15 bits per heavy atom. The SMILES string of the molecule is CCC(Br)B1OC(C)(C)C(C)(C)O1. The molecule has 0 spiro atoms. The summed E-state index contributed by atoms with van der Waals surface area (Å²) < 4.78 is 12.0. The predicted octanol–water partition coefficient (Wildman–Crippen LogP) is 2.79. The van der Waals surface area contributed by atoms with Gasteiger partial charge in [0, 0.05) is 4.73 Å². The first-order valence-electron chi connectivity index (χ1n) is 4.80. The van der Waals surface area contributed by atoms with Crippen molar-refractivity contribution in [1.82, 2.24) is 0 Å². The molecule has 0 aromatic rings. The van der Waals surface area contributed by atoms with Gasteiger partial charge in [-0.25, -0.2) is 0 Å². The maximum Gasteiger partial charge on any atom is 0.472 e. The molecule has 0 radical (unpaired) electrons. The number of hydrogen-bond acceptors (Lipinski definition) is 2. The zero-order valence-electron chi connectivity index (χ0n) is 9.06. The van der Waals surface area contributed by atoms with Crippen LogP contribution in [0.4, 0.5) is 0 Å². The third-order valence-corrected chi connectivity index (χ3v) is 4.04. The van der Waals surface area contributed by atoms with Crippen molar-refractivity contribution in [2.75, 3.05) is 0 Å². The fourth-order valence-corrected chi connectivity index (χ4v) is 1.44. The van der Waals surface area contributed by atoms with Crippen molar-refractivity contribution >= 4 is 23.0 Å².